The average molecular weight is 494 g/mol. The summed E-state index contributed by atoms with van der Waals surface area (Å²) in [5.41, 5.74) is 3.42. The van der Waals surface area contributed by atoms with E-state index in [0.717, 1.165) is 59.7 Å². The second-order valence-corrected chi connectivity index (χ2v) is 9.46. The largest absolute Gasteiger partial charge is 0.395 e. The highest BCUT2D eigenvalue weighted by Gasteiger charge is 2.31. The minimum atomic E-state index is -0.0520. The van der Waals surface area contributed by atoms with Gasteiger partial charge in [-0.15, -0.1) is 11.6 Å². The van der Waals surface area contributed by atoms with Crippen LogP contribution in [-0.2, 0) is 6.54 Å². The van der Waals surface area contributed by atoms with Crippen molar-refractivity contribution >= 4 is 40.6 Å². The highest BCUT2D eigenvalue weighted by atomic mass is 35.5. The summed E-state index contributed by atoms with van der Waals surface area (Å²) in [7, 11) is 0. The molecule has 0 radical (unpaired) electrons. The molecular formula is C24H27Cl3N4O. The number of piperazine rings is 1. The van der Waals surface area contributed by atoms with Crippen LogP contribution in [0.5, 0.6) is 0 Å². The number of allylic oxidation sites excluding steroid dienone is 3. The van der Waals surface area contributed by atoms with E-state index >= 15 is 0 Å². The molecule has 2 aromatic rings. The number of aliphatic hydroxyl groups excluding tert-OH is 1. The number of halogens is 3. The Balaban J connectivity index is 1.51. The molecule has 0 spiro atoms. The van der Waals surface area contributed by atoms with Crippen molar-refractivity contribution in [3.05, 3.63) is 81.6 Å². The minimum absolute atomic E-state index is 0.0520. The fourth-order valence-electron chi connectivity index (χ4n) is 4.19. The van der Waals surface area contributed by atoms with Crippen molar-refractivity contribution in [2.75, 3.05) is 38.1 Å². The zero-order valence-electron chi connectivity index (χ0n) is 17.7. The summed E-state index contributed by atoms with van der Waals surface area (Å²) in [5.74, 6) is 0.773. The van der Waals surface area contributed by atoms with Gasteiger partial charge in [0, 0.05) is 43.9 Å². The number of hydrogen-bond acceptors (Lipinski definition) is 5. The molecule has 1 aliphatic heterocycles. The van der Waals surface area contributed by atoms with Crippen molar-refractivity contribution in [2.24, 2.45) is 0 Å². The molecule has 1 unspecified atom stereocenters. The molecule has 1 aromatic heterocycles. The number of alkyl halides is 1. The summed E-state index contributed by atoms with van der Waals surface area (Å²) in [6.45, 7) is 4.03. The van der Waals surface area contributed by atoms with Gasteiger partial charge in [0.15, 0.2) is 0 Å². The number of nitrogens with zero attached hydrogens (tertiary/aromatic N) is 3. The molecule has 2 aliphatic rings. The first-order valence-electron chi connectivity index (χ1n) is 10.8. The fourth-order valence-corrected chi connectivity index (χ4v) is 4.94. The molecule has 5 nitrogen and oxygen atoms in total. The van der Waals surface area contributed by atoms with Gasteiger partial charge in [0.1, 0.15) is 5.82 Å². The van der Waals surface area contributed by atoms with E-state index in [-0.39, 0.29) is 18.0 Å². The molecule has 0 bridgehead atoms. The molecule has 1 fully saturated rings. The van der Waals surface area contributed by atoms with Crippen LogP contribution in [0.1, 0.15) is 23.6 Å². The van der Waals surface area contributed by atoms with Crippen molar-refractivity contribution < 1.29 is 5.11 Å². The Morgan fingerprint density at radius 3 is 2.59 bits per heavy atom. The van der Waals surface area contributed by atoms with E-state index in [4.69, 9.17) is 39.9 Å². The van der Waals surface area contributed by atoms with Crippen LogP contribution in [0.25, 0.3) is 0 Å². The summed E-state index contributed by atoms with van der Waals surface area (Å²) >= 11 is 19.0. The van der Waals surface area contributed by atoms with Crippen LogP contribution in [0.2, 0.25) is 5.02 Å². The number of benzene rings is 1. The Labute approximate surface area is 204 Å². The number of aliphatic hydroxyl groups is 1. The fraction of sp³-hybridized carbons (Fsp3) is 0.375. The number of pyridine rings is 1. The third-order valence-corrected chi connectivity index (χ3v) is 6.66. The molecule has 0 saturated carbocycles. The van der Waals surface area contributed by atoms with Gasteiger partial charge in [0.05, 0.1) is 28.8 Å². The van der Waals surface area contributed by atoms with Gasteiger partial charge in [0.25, 0.3) is 0 Å². The molecule has 0 amide bonds. The SMILES string of the molecule is OCCNc1ccc(CN2CCN(C3=CCC(Cl)C=C3Cl)[C@H](c3ccc(Cl)cc3)C2)cn1. The van der Waals surface area contributed by atoms with Crippen LogP contribution in [0, 0.1) is 0 Å². The number of anilines is 1. The van der Waals surface area contributed by atoms with Crippen molar-refractivity contribution in [1.82, 2.24) is 14.8 Å². The summed E-state index contributed by atoms with van der Waals surface area (Å²) < 4.78 is 0. The second kappa shape index (κ2) is 10.9. The van der Waals surface area contributed by atoms with E-state index in [1.165, 1.54) is 5.56 Å². The molecule has 2 atom stereocenters. The molecule has 1 aliphatic carbocycles. The second-order valence-electron chi connectivity index (χ2n) is 8.05. The molecule has 1 saturated heterocycles. The van der Waals surface area contributed by atoms with Crippen LogP contribution in [-0.4, -0.2) is 58.1 Å². The zero-order valence-corrected chi connectivity index (χ0v) is 20.0. The maximum absolute atomic E-state index is 8.95. The lowest BCUT2D eigenvalue weighted by Gasteiger charge is -2.44. The third-order valence-electron chi connectivity index (χ3n) is 5.79. The van der Waals surface area contributed by atoms with E-state index in [1.54, 1.807) is 0 Å². The highest BCUT2D eigenvalue weighted by molar-refractivity contribution is 6.33. The monoisotopic (exact) mass is 492 g/mol. The molecule has 4 rings (SSSR count). The molecule has 32 heavy (non-hydrogen) atoms. The van der Waals surface area contributed by atoms with Crippen LogP contribution >= 0.6 is 34.8 Å². The molecule has 2 heterocycles. The van der Waals surface area contributed by atoms with Crippen LogP contribution < -0.4 is 5.32 Å². The van der Waals surface area contributed by atoms with Gasteiger partial charge < -0.3 is 15.3 Å². The molecule has 170 valence electrons. The van der Waals surface area contributed by atoms with Crippen LogP contribution in [0.3, 0.4) is 0 Å². The standard InChI is InChI=1S/C24H27Cl3N4O/c25-19-4-2-18(3-5-19)23-16-30(15-17-1-8-24(29-14-17)28-9-12-32)10-11-31(23)22-7-6-20(26)13-21(22)27/h1-5,7-8,13-14,20,23,32H,6,9-12,15-16H2,(H,28,29)/t20?,23-/m0/s1. The van der Waals surface area contributed by atoms with Gasteiger partial charge in [0.2, 0.25) is 0 Å². The first kappa shape index (κ1) is 23.4. The molecular weight excluding hydrogens is 467 g/mol. The van der Waals surface area contributed by atoms with E-state index in [9.17, 15) is 0 Å². The third kappa shape index (κ3) is 5.77. The highest BCUT2D eigenvalue weighted by Crippen LogP contribution is 2.36. The van der Waals surface area contributed by atoms with E-state index in [2.05, 4.69) is 44.4 Å². The maximum atomic E-state index is 8.95. The Kier molecular flexibility index (Phi) is 7.98. The zero-order chi connectivity index (χ0) is 22.5. The van der Waals surface area contributed by atoms with Gasteiger partial charge >= 0.3 is 0 Å². The summed E-state index contributed by atoms with van der Waals surface area (Å²) in [6, 6.07) is 12.3. The first-order valence-corrected chi connectivity index (χ1v) is 12.0. The van der Waals surface area contributed by atoms with Gasteiger partial charge in [-0.1, -0.05) is 47.5 Å². The van der Waals surface area contributed by atoms with E-state index in [0.29, 0.717) is 6.54 Å². The quantitative estimate of drug-likeness (QED) is 0.531. The number of aromatic nitrogens is 1. The van der Waals surface area contributed by atoms with Gasteiger partial charge in [-0.05, 0) is 41.8 Å². The minimum Gasteiger partial charge on any atom is -0.395 e. The molecule has 8 heteroatoms. The summed E-state index contributed by atoms with van der Waals surface area (Å²) in [5, 5.41) is 13.4. The molecule has 2 N–H and O–H groups in total. The normalized spacial score (nSPS) is 21.8. The van der Waals surface area contributed by atoms with Gasteiger partial charge in [-0.2, -0.15) is 0 Å². The summed E-state index contributed by atoms with van der Waals surface area (Å²) in [4.78, 5) is 9.29. The van der Waals surface area contributed by atoms with Crippen molar-refractivity contribution in [1.29, 1.82) is 0 Å². The topological polar surface area (TPSA) is 51.6 Å². The van der Waals surface area contributed by atoms with Gasteiger partial charge in [-0.3, -0.25) is 4.90 Å². The van der Waals surface area contributed by atoms with Crippen molar-refractivity contribution in [3.8, 4) is 0 Å². The Bertz CT molecular complexity index is 962. The van der Waals surface area contributed by atoms with Crippen molar-refractivity contribution in [2.45, 2.75) is 24.4 Å². The smallest absolute Gasteiger partial charge is 0.125 e. The Morgan fingerprint density at radius 1 is 1.09 bits per heavy atom. The number of nitrogens with one attached hydrogen (secondary N) is 1. The Morgan fingerprint density at radius 2 is 1.91 bits per heavy atom. The lowest BCUT2D eigenvalue weighted by molar-refractivity contribution is 0.0980. The maximum Gasteiger partial charge on any atom is 0.125 e. The number of hydrogen-bond donors (Lipinski definition) is 2. The summed E-state index contributed by atoms with van der Waals surface area (Å²) in [6.07, 6.45) is 6.76. The first-order chi connectivity index (χ1) is 15.5. The predicted octanol–water partition coefficient (Wildman–Crippen LogP) is 5.02. The average Bonchev–Trinajstić information content (AvgIpc) is 2.79. The van der Waals surface area contributed by atoms with E-state index in [1.807, 2.05) is 30.5 Å². The lowest BCUT2D eigenvalue weighted by Crippen LogP contribution is -2.47. The lowest BCUT2D eigenvalue weighted by atomic mass is 9.99. The predicted molar refractivity (Wildman–Crippen MR) is 132 cm³/mol. The number of rotatable bonds is 7. The van der Waals surface area contributed by atoms with Crippen LogP contribution in [0.15, 0.2) is 65.5 Å². The van der Waals surface area contributed by atoms with E-state index < -0.39 is 0 Å². The molecule has 1 aromatic carbocycles. The van der Waals surface area contributed by atoms with Crippen molar-refractivity contribution in [3.63, 3.8) is 0 Å². The van der Waals surface area contributed by atoms with Gasteiger partial charge in [-0.25, -0.2) is 4.98 Å². The Hall–Kier alpha value is -1.76. The van der Waals surface area contributed by atoms with Crippen LogP contribution in [0.4, 0.5) is 5.82 Å².